The van der Waals surface area contributed by atoms with Crippen molar-refractivity contribution in [2.45, 2.75) is 30.7 Å². The fourth-order valence-corrected chi connectivity index (χ4v) is 3.59. The summed E-state index contributed by atoms with van der Waals surface area (Å²) in [5.74, 6) is 1.12. The topological polar surface area (TPSA) is 29.1 Å². The van der Waals surface area contributed by atoms with E-state index in [-0.39, 0.29) is 6.04 Å². The van der Waals surface area contributed by atoms with E-state index in [1.54, 1.807) is 0 Å². The fourth-order valence-electron chi connectivity index (χ4n) is 2.28. The van der Waals surface area contributed by atoms with Crippen LogP contribution in [0.25, 0.3) is 0 Å². The lowest BCUT2D eigenvalue weighted by Crippen LogP contribution is -2.22. The van der Waals surface area contributed by atoms with E-state index in [1.165, 1.54) is 11.1 Å². The number of hydrogen-bond donors (Lipinski definition) is 1. The molecule has 0 fully saturated rings. The molecule has 0 saturated heterocycles. The Labute approximate surface area is 130 Å². The molecular weight excluding hydrogens is 278 g/mol. The molecule has 112 valence electrons. The highest BCUT2D eigenvalue weighted by molar-refractivity contribution is 7.85. The maximum Gasteiger partial charge on any atom is 0.0548 e. The van der Waals surface area contributed by atoms with Crippen LogP contribution in [0.1, 0.15) is 36.9 Å². The van der Waals surface area contributed by atoms with Crippen LogP contribution in [-0.4, -0.2) is 17.0 Å². The molecule has 2 aromatic carbocycles. The minimum Gasteiger partial charge on any atom is -0.312 e. The molecule has 0 aromatic heterocycles. The Bertz CT molecular complexity index is 578. The van der Waals surface area contributed by atoms with E-state index in [2.05, 4.69) is 43.4 Å². The molecule has 0 radical (unpaired) electrons. The third kappa shape index (κ3) is 4.26. The van der Waals surface area contributed by atoms with Gasteiger partial charge in [0.2, 0.25) is 0 Å². The number of rotatable bonds is 6. The first kappa shape index (κ1) is 15.9. The summed E-state index contributed by atoms with van der Waals surface area (Å²) in [5, 5.41) is 3.27. The summed E-state index contributed by atoms with van der Waals surface area (Å²) >= 11 is 0. The molecule has 21 heavy (non-hydrogen) atoms. The zero-order valence-corrected chi connectivity index (χ0v) is 13.7. The van der Waals surface area contributed by atoms with Crippen molar-refractivity contribution in [1.29, 1.82) is 0 Å². The van der Waals surface area contributed by atoms with Gasteiger partial charge in [0, 0.05) is 16.7 Å². The Balaban J connectivity index is 2.11. The van der Waals surface area contributed by atoms with Gasteiger partial charge >= 0.3 is 0 Å². The molecule has 2 aromatic rings. The lowest BCUT2D eigenvalue weighted by atomic mass is 10.00. The van der Waals surface area contributed by atoms with Gasteiger partial charge in [-0.1, -0.05) is 56.3 Å². The van der Waals surface area contributed by atoms with E-state index in [0.29, 0.717) is 11.7 Å². The van der Waals surface area contributed by atoms with Gasteiger partial charge in [-0.25, -0.2) is 0 Å². The predicted molar refractivity (Wildman–Crippen MR) is 90.0 cm³/mol. The molecule has 2 atom stereocenters. The van der Waals surface area contributed by atoms with E-state index >= 15 is 0 Å². The first-order chi connectivity index (χ1) is 10.1. The Morgan fingerprint density at radius 1 is 0.952 bits per heavy atom. The van der Waals surface area contributed by atoms with Gasteiger partial charge in [-0.2, -0.15) is 0 Å². The average Bonchev–Trinajstić information content (AvgIpc) is 2.53. The summed E-state index contributed by atoms with van der Waals surface area (Å²) in [4.78, 5) is 0.886. The summed E-state index contributed by atoms with van der Waals surface area (Å²) in [7, 11) is 0.929. The number of benzene rings is 2. The Morgan fingerprint density at radius 2 is 1.52 bits per heavy atom. The quantitative estimate of drug-likeness (QED) is 0.877. The smallest absolute Gasteiger partial charge is 0.0548 e. The first-order valence-electron chi connectivity index (χ1n) is 7.32. The van der Waals surface area contributed by atoms with Gasteiger partial charge in [0.25, 0.3) is 0 Å². The van der Waals surface area contributed by atoms with Crippen LogP contribution in [0.3, 0.4) is 0 Å². The van der Waals surface area contributed by atoms with Gasteiger partial charge in [0.1, 0.15) is 0 Å². The molecule has 0 aliphatic rings. The van der Waals surface area contributed by atoms with Gasteiger partial charge in [-0.05, 0) is 36.2 Å². The maximum absolute atomic E-state index is 12.4. The standard InChI is InChI=1S/C18H23NOS/c1-14(2)15-9-11-16(12-10-15)18(19-3)13-21(20)17-7-5-4-6-8-17/h4-12,14,18-19H,13H2,1-3H3. The predicted octanol–water partition coefficient (Wildman–Crippen LogP) is 3.88. The number of hydrogen-bond acceptors (Lipinski definition) is 2. The van der Waals surface area contributed by atoms with Crippen molar-refractivity contribution in [3.05, 3.63) is 65.7 Å². The second kappa shape index (κ2) is 7.53. The van der Waals surface area contributed by atoms with E-state index in [9.17, 15) is 4.21 Å². The van der Waals surface area contributed by atoms with Crippen LogP contribution >= 0.6 is 0 Å². The molecule has 0 saturated carbocycles. The molecule has 2 unspecified atom stereocenters. The molecule has 2 nitrogen and oxygen atoms in total. The zero-order valence-electron chi connectivity index (χ0n) is 12.9. The average molecular weight is 301 g/mol. The van der Waals surface area contributed by atoms with Crippen LogP contribution in [0.5, 0.6) is 0 Å². The second-order valence-corrected chi connectivity index (χ2v) is 6.98. The van der Waals surface area contributed by atoms with E-state index < -0.39 is 10.8 Å². The van der Waals surface area contributed by atoms with Crippen LogP contribution in [0.4, 0.5) is 0 Å². The van der Waals surface area contributed by atoms with Crippen molar-refractivity contribution in [2.75, 3.05) is 12.8 Å². The summed E-state index contributed by atoms with van der Waals surface area (Å²) in [6.07, 6.45) is 0. The Morgan fingerprint density at radius 3 is 2.05 bits per heavy atom. The Kier molecular flexibility index (Phi) is 5.71. The highest BCUT2D eigenvalue weighted by Gasteiger charge is 2.14. The van der Waals surface area contributed by atoms with Crippen LogP contribution in [0.15, 0.2) is 59.5 Å². The van der Waals surface area contributed by atoms with E-state index in [1.807, 2.05) is 37.4 Å². The monoisotopic (exact) mass is 301 g/mol. The van der Waals surface area contributed by atoms with Crippen molar-refractivity contribution in [1.82, 2.24) is 5.32 Å². The zero-order chi connectivity index (χ0) is 15.2. The second-order valence-electron chi connectivity index (χ2n) is 5.49. The first-order valence-corrected chi connectivity index (χ1v) is 8.64. The van der Waals surface area contributed by atoms with Crippen molar-refractivity contribution in [3.8, 4) is 0 Å². The van der Waals surface area contributed by atoms with Gasteiger partial charge < -0.3 is 5.32 Å². The number of nitrogens with one attached hydrogen (secondary N) is 1. The molecule has 0 bridgehead atoms. The molecule has 0 spiro atoms. The summed E-state index contributed by atoms with van der Waals surface area (Å²) in [6, 6.07) is 18.4. The molecule has 3 heteroatoms. The van der Waals surface area contributed by atoms with E-state index in [4.69, 9.17) is 0 Å². The maximum atomic E-state index is 12.4. The summed E-state index contributed by atoms with van der Waals surface area (Å²) in [6.45, 7) is 4.38. The van der Waals surface area contributed by atoms with Crippen LogP contribution in [0, 0.1) is 0 Å². The minimum absolute atomic E-state index is 0.104. The minimum atomic E-state index is -0.990. The third-order valence-corrected chi connectivity index (χ3v) is 5.11. The normalized spacial score (nSPS) is 14.1. The highest BCUT2D eigenvalue weighted by atomic mass is 32.2. The third-order valence-electron chi connectivity index (χ3n) is 3.68. The van der Waals surface area contributed by atoms with Crippen LogP contribution < -0.4 is 5.32 Å². The molecule has 0 aliphatic heterocycles. The molecular formula is C18H23NOS. The molecule has 1 N–H and O–H groups in total. The summed E-state index contributed by atoms with van der Waals surface area (Å²) in [5.41, 5.74) is 2.52. The largest absolute Gasteiger partial charge is 0.312 e. The van der Waals surface area contributed by atoms with Gasteiger partial charge in [0.05, 0.1) is 10.8 Å². The van der Waals surface area contributed by atoms with Gasteiger partial charge in [-0.15, -0.1) is 0 Å². The van der Waals surface area contributed by atoms with Crippen molar-refractivity contribution in [3.63, 3.8) is 0 Å². The lowest BCUT2D eigenvalue weighted by Gasteiger charge is -2.17. The highest BCUT2D eigenvalue weighted by Crippen LogP contribution is 2.20. The van der Waals surface area contributed by atoms with Gasteiger partial charge in [0.15, 0.2) is 0 Å². The Hall–Kier alpha value is -1.45. The fraction of sp³-hybridized carbons (Fsp3) is 0.333. The molecule has 0 heterocycles. The SMILES string of the molecule is CNC(CS(=O)c1ccccc1)c1ccc(C(C)C)cc1. The van der Waals surface area contributed by atoms with Gasteiger partial charge in [-0.3, -0.25) is 4.21 Å². The molecule has 2 rings (SSSR count). The van der Waals surface area contributed by atoms with Crippen LogP contribution in [0.2, 0.25) is 0 Å². The lowest BCUT2D eigenvalue weighted by molar-refractivity contribution is 0.635. The van der Waals surface area contributed by atoms with E-state index in [0.717, 1.165) is 4.90 Å². The van der Waals surface area contributed by atoms with Crippen molar-refractivity contribution in [2.24, 2.45) is 0 Å². The van der Waals surface area contributed by atoms with Crippen molar-refractivity contribution >= 4 is 10.8 Å². The molecule has 0 aliphatic carbocycles. The van der Waals surface area contributed by atoms with Crippen LogP contribution in [-0.2, 0) is 10.8 Å². The van der Waals surface area contributed by atoms with Crippen molar-refractivity contribution < 1.29 is 4.21 Å². The molecule has 0 amide bonds. The summed E-state index contributed by atoms with van der Waals surface area (Å²) < 4.78 is 12.4.